The third kappa shape index (κ3) is 6.97. The molecule has 2 saturated heterocycles. The molecule has 2 aliphatic heterocycles. The van der Waals surface area contributed by atoms with Crippen molar-refractivity contribution in [2.75, 3.05) is 39.3 Å². The van der Waals surface area contributed by atoms with Gasteiger partial charge in [0, 0.05) is 49.9 Å². The predicted octanol–water partition coefficient (Wildman–Crippen LogP) is 5.53. The molecule has 42 heavy (non-hydrogen) atoms. The van der Waals surface area contributed by atoms with Gasteiger partial charge in [0.15, 0.2) is 0 Å². The average molecular weight is 608 g/mol. The minimum Gasteiger partial charge on any atom is -0.339 e. The van der Waals surface area contributed by atoms with Crippen LogP contribution in [0.5, 0.6) is 0 Å². The first kappa shape index (κ1) is 30.1. The Bertz CT molecular complexity index is 1440. The predicted molar refractivity (Wildman–Crippen MR) is 166 cm³/mol. The molecule has 3 amide bonds. The highest BCUT2D eigenvalue weighted by Crippen LogP contribution is 2.31. The van der Waals surface area contributed by atoms with Crippen molar-refractivity contribution in [2.45, 2.75) is 38.8 Å². The SMILES string of the molecule is Cc1cc(C)cc(C(=O)N2CCN(C(=O)CNC3CCN(C(=O)c4ccccc4)CC3)C(c3ccc(Cl)c(Cl)c3)C2)c1. The molecule has 0 radical (unpaired) electrons. The van der Waals surface area contributed by atoms with Crippen molar-refractivity contribution in [2.24, 2.45) is 0 Å². The number of likely N-dealkylation sites (tertiary alicyclic amines) is 1. The van der Waals surface area contributed by atoms with Gasteiger partial charge in [-0.15, -0.1) is 0 Å². The first-order valence-electron chi connectivity index (χ1n) is 14.4. The van der Waals surface area contributed by atoms with Crippen molar-refractivity contribution in [1.82, 2.24) is 20.0 Å². The molecule has 0 bridgehead atoms. The Balaban J connectivity index is 1.24. The molecule has 1 atom stereocenters. The second-order valence-corrected chi connectivity index (χ2v) is 12.0. The Labute approximate surface area is 257 Å². The summed E-state index contributed by atoms with van der Waals surface area (Å²) in [5, 5.41) is 4.28. The van der Waals surface area contributed by atoms with Gasteiger partial charge in [-0.2, -0.15) is 0 Å². The zero-order valence-corrected chi connectivity index (χ0v) is 25.5. The summed E-state index contributed by atoms with van der Waals surface area (Å²) in [7, 11) is 0. The molecular formula is C33H36Cl2N4O3. The third-order valence-corrected chi connectivity index (χ3v) is 8.87. The topological polar surface area (TPSA) is 73.0 Å². The lowest BCUT2D eigenvalue weighted by Crippen LogP contribution is -2.55. The molecule has 9 heteroatoms. The number of hydrogen-bond acceptors (Lipinski definition) is 4. The quantitative estimate of drug-likeness (QED) is 0.400. The zero-order valence-electron chi connectivity index (χ0n) is 24.0. The summed E-state index contributed by atoms with van der Waals surface area (Å²) in [4.78, 5) is 45.4. The number of piperazine rings is 1. The molecule has 0 spiro atoms. The highest BCUT2D eigenvalue weighted by molar-refractivity contribution is 6.42. The van der Waals surface area contributed by atoms with Gasteiger partial charge in [0.1, 0.15) is 0 Å². The van der Waals surface area contributed by atoms with Gasteiger partial charge >= 0.3 is 0 Å². The molecule has 2 heterocycles. The normalized spacial score (nSPS) is 17.8. The first-order valence-corrected chi connectivity index (χ1v) is 15.1. The van der Waals surface area contributed by atoms with Crippen LogP contribution in [0.25, 0.3) is 0 Å². The summed E-state index contributed by atoms with van der Waals surface area (Å²) in [6.07, 6.45) is 1.56. The van der Waals surface area contributed by atoms with E-state index in [0.29, 0.717) is 53.9 Å². The van der Waals surface area contributed by atoms with Crippen LogP contribution in [0.3, 0.4) is 0 Å². The average Bonchev–Trinajstić information content (AvgIpc) is 3.00. The van der Waals surface area contributed by atoms with Gasteiger partial charge in [-0.1, -0.05) is 64.7 Å². The maximum absolute atomic E-state index is 13.6. The molecule has 7 nitrogen and oxygen atoms in total. The van der Waals surface area contributed by atoms with E-state index in [9.17, 15) is 14.4 Å². The molecular weight excluding hydrogens is 571 g/mol. The lowest BCUT2D eigenvalue weighted by Gasteiger charge is -2.42. The smallest absolute Gasteiger partial charge is 0.254 e. The van der Waals surface area contributed by atoms with Crippen molar-refractivity contribution in [3.8, 4) is 0 Å². The molecule has 3 aromatic carbocycles. The summed E-state index contributed by atoms with van der Waals surface area (Å²) < 4.78 is 0. The van der Waals surface area contributed by atoms with Crippen LogP contribution in [0.15, 0.2) is 66.7 Å². The van der Waals surface area contributed by atoms with Gasteiger partial charge < -0.3 is 20.0 Å². The zero-order chi connectivity index (χ0) is 29.8. The maximum atomic E-state index is 13.6. The molecule has 1 N–H and O–H groups in total. The summed E-state index contributed by atoms with van der Waals surface area (Å²) in [6.45, 7) is 6.64. The van der Waals surface area contributed by atoms with Gasteiger partial charge in [0.25, 0.3) is 11.8 Å². The largest absolute Gasteiger partial charge is 0.339 e. The molecule has 2 aliphatic rings. The van der Waals surface area contributed by atoms with Gasteiger partial charge in [-0.3, -0.25) is 14.4 Å². The van der Waals surface area contributed by atoms with E-state index in [1.54, 1.807) is 12.1 Å². The van der Waals surface area contributed by atoms with Gasteiger partial charge in [0.05, 0.1) is 22.6 Å². The van der Waals surface area contributed by atoms with Gasteiger partial charge in [-0.05, 0) is 68.7 Å². The summed E-state index contributed by atoms with van der Waals surface area (Å²) in [6, 6.07) is 20.4. The number of benzene rings is 3. The van der Waals surface area contributed by atoms with Crippen LogP contribution in [0.2, 0.25) is 10.0 Å². The lowest BCUT2D eigenvalue weighted by molar-refractivity contribution is -0.135. The highest BCUT2D eigenvalue weighted by Gasteiger charge is 2.34. The second kappa shape index (κ2) is 13.3. The van der Waals surface area contributed by atoms with E-state index in [1.165, 1.54) is 0 Å². The maximum Gasteiger partial charge on any atom is 0.254 e. The Morgan fingerprint density at radius 1 is 0.762 bits per heavy atom. The van der Waals surface area contributed by atoms with Crippen molar-refractivity contribution in [3.05, 3.63) is 105 Å². The number of carbonyl (C=O) groups excluding carboxylic acids is 3. The number of piperidine rings is 1. The number of aryl methyl sites for hydroxylation is 2. The molecule has 3 aromatic rings. The van der Waals surface area contributed by atoms with Crippen LogP contribution in [-0.4, -0.2) is 77.7 Å². The molecule has 1 unspecified atom stereocenters. The monoisotopic (exact) mass is 606 g/mol. The van der Waals surface area contributed by atoms with Crippen LogP contribution in [0.1, 0.15) is 56.3 Å². The number of amides is 3. The Morgan fingerprint density at radius 3 is 2.10 bits per heavy atom. The molecule has 0 aromatic heterocycles. The van der Waals surface area contributed by atoms with Crippen molar-refractivity contribution in [3.63, 3.8) is 0 Å². The number of rotatable bonds is 6. The summed E-state index contributed by atoms with van der Waals surface area (Å²) >= 11 is 12.6. The molecule has 2 fully saturated rings. The number of nitrogens with one attached hydrogen (secondary N) is 1. The van der Waals surface area contributed by atoms with E-state index < -0.39 is 0 Å². The third-order valence-electron chi connectivity index (χ3n) is 8.13. The molecule has 0 saturated carbocycles. The second-order valence-electron chi connectivity index (χ2n) is 11.2. The van der Waals surface area contributed by atoms with E-state index in [0.717, 1.165) is 29.5 Å². The Hall–Kier alpha value is -3.39. The van der Waals surface area contributed by atoms with E-state index >= 15 is 0 Å². The summed E-state index contributed by atoms with van der Waals surface area (Å²) in [5.41, 5.74) is 4.26. The Kier molecular flexibility index (Phi) is 9.51. The van der Waals surface area contributed by atoms with Gasteiger partial charge in [-0.25, -0.2) is 0 Å². The van der Waals surface area contributed by atoms with Crippen molar-refractivity contribution < 1.29 is 14.4 Å². The van der Waals surface area contributed by atoms with Crippen LogP contribution in [0.4, 0.5) is 0 Å². The molecule has 220 valence electrons. The molecule has 5 rings (SSSR count). The van der Waals surface area contributed by atoms with E-state index in [4.69, 9.17) is 23.2 Å². The summed E-state index contributed by atoms with van der Waals surface area (Å²) in [5.74, 6) is -0.0379. The first-order chi connectivity index (χ1) is 20.2. The van der Waals surface area contributed by atoms with Crippen LogP contribution < -0.4 is 5.32 Å². The van der Waals surface area contributed by atoms with Crippen LogP contribution in [-0.2, 0) is 4.79 Å². The molecule has 0 aliphatic carbocycles. The number of carbonyl (C=O) groups is 3. The van der Waals surface area contributed by atoms with E-state index in [-0.39, 0.29) is 36.3 Å². The fourth-order valence-electron chi connectivity index (χ4n) is 5.93. The fourth-order valence-corrected chi connectivity index (χ4v) is 6.24. The lowest BCUT2D eigenvalue weighted by atomic mass is 10.00. The number of halogens is 2. The van der Waals surface area contributed by atoms with Crippen LogP contribution in [0, 0.1) is 13.8 Å². The minimum atomic E-state index is -0.358. The standard InChI is InChI=1S/C33H36Cl2N4O3/c1-22-16-23(2)18-26(17-22)33(42)38-14-15-39(30(21-38)25-8-9-28(34)29(35)19-25)31(40)20-36-27-10-12-37(13-11-27)32(41)24-6-4-3-5-7-24/h3-9,16-19,27,30,36H,10-15,20-21H2,1-2H3. The van der Waals surface area contributed by atoms with Crippen molar-refractivity contribution >= 4 is 40.9 Å². The van der Waals surface area contributed by atoms with Crippen LogP contribution >= 0.6 is 23.2 Å². The van der Waals surface area contributed by atoms with E-state index in [1.807, 2.05) is 83.1 Å². The van der Waals surface area contributed by atoms with E-state index in [2.05, 4.69) is 5.32 Å². The highest BCUT2D eigenvalue weighted by atomic mass is 35.5. The Morgan fingerprint density at radius 2 is 1.43 bits per heavy atom. The number of nitrogens with zero attached hydrogens (tertiary/aromatic N) is 3. The minimum absolute atomic E-state index is 0.0348. The van der Waals surface area contributed by atoms with Crippen molar-refractivity contribution in [1.29, 1.82) is 0 Å². The number of hydrogen-bond donors (Lipinski definition) is 1. The fraction of sp³-hybridized carbons (Fsp3) is 0.364. The van der Waals surface area contributed by atoms with Gasteiger partial charge in [0.2, 0.25) is 5.91 Å².